The number of anilines is 1. The van der Waals surface area contributed by atoms with Gasteiger partial charge in [0.05, 0.1) is 10.7 Å². The van der Waals surface area contributed by atoms with Crippen LogP contribution in [0, 0.1) is 0 Å². The van der Waals surface area contributed by atoms with Gasteiger partial charge in [-0.15, -0.1) is 0 Å². The van der Waals surface area contributed by atoms with E-state index in [1.165, 1.54) is 5.56 Å². The third-order valence-electron chi connectivity index (χ3n) is 4.64. The van der Waals surface area contributed by atoms with Crippen LogP contribution in [0.1, 0.15) is 39.3 Å². The van der Waals surface area contributed by atoms with Crippen molar-refractivity contribution >= 4 is 17.3 Å². The van der Waals surface area contributed by atoms with E-state index < -0.39 is 0 Å². The molecule has 1 atom stereocenters. The summed E-state index contributed by atoms with van der Waals surface area (Å²) in [7, 11) is 2.19. The van der Waals surface area contributed by atoms with E-state index in [2.05, 4.69) is 68.1 Å². The molecule has 1 heterocycles. The Hall–Kier alpha value is -0.770. The van der Waals surface area contributed by atoms with E-state index in [0.29, 0.717) is 6.04 Å². The molecule has 0 amide bonds. The Balaban J connectivity index is 2.18. The molecule has 1 aliphatic rings. The number of likely N-dealkylation sites (N-methyl/N-ethyl adjacent to an activating group) is 1. The molecule has 2 rings (SSSR count). The lowest BCUT2D eigenvalue weighted by Crippen LogP contribution is -2.57. The van der Waals surface area contributed by atoms with E-state index in [9.17, 15) is 0 Å². The van der Waals surface area contributed by atoms with E-state index >= 15 is 0 Å². The van der Waals surface area contributed by atoms with Gasteiger partial charge in [-0.25, -0.2) is 0 Å². The molecule has 0 spiro atoms. The maximum absolute atomic E-state index is 6.55. The SMILES string of the molecule is CCNC(C)c1ccc(N2CCN(C)C(C)(C)C2)c(Cl)c1. The minimum absolute atomic E-state index is 0.178. The van der Waals surface area contributed by atoms with Crippen LogP contribution in [0.4, 0.5) is 5.69 Å². The highest BCUT2D eigenvalue weighted by Gasteiger charge is 2.31. The van der Waals surface area contributed by atoms with Gasteiger partial charge in [-0.05, 0) is 52.1 Å². The highest BCUT2D eigenvalue weighted by atomic mass is 35.5. The number of benzene rings is 1. The highest BCUT2D eigenvalue weighted by molar-refractivity contribution is 6.33. The summed E-state index contributed by atoms with van der Waals surface area (Å²) in [5.74, 6) is 0. The molecule has 4 heteroatoms. The number of hydrogen-bond donors (Lipinski definition) is 1. The maximum Gasteiger partial charge on any atom is 0.0642 e. The first-order valence-electron chi connectivity index (χ1n) is 7.84. The van der Waals surface area contributed by atoms with Crippen LogP contribution in [0.25, 0.3) is 0 Å². The molecule has 3 nitrogen and oxygen atoms in total. The number of halogens is 1. The molecule has 1 aliphatic heterocycles. The third-order valence-corrected chi connectivity index (χ3v) is 4.94. The lowest BCUT2D eigenvalue weighted by Gasteiger charge is -2.46. The van der Waals surface area contributed by atoms with Crippen LogP contribution in [0.15, 0.2) is 18.2 Å². The standard InChI is InChI=1S/C17H28ClN3/c1-6-19-13(2)14-7-8-16(15(18)11-14)21-10-9-20(5)17(3,4)12-21/h7-8,11,13,19H,6,9-10,12H2,1-5H3. The van der Waals surface area contributed by atoms with E-state index in [1.54, 1.807) is 0 Å². The van der Waals surface area contributed by atoms with Gasteiger partial charge in [0.2, 0.25) is 0 Å². The van der Waals surface area contributed by atoms with Gasteiger partial charge in [-0.2, -0.15) is 0 Å². The summed E-state index contributed by atoms with van der Waals surface area (Å²) in [4.78, 5) is 4.82. The zero-order valence-electron chi connectivity index (χ0n) is 13.9. The molecule has 118 valence electrons. The number of piperazine rings is 1. The van der Waals surface area contributed by atoms with E-state index in [0.717, 1.165) is 36.9 Å². The summed E-state index contributed by atoms with van der Waals surface area (Å²) in [5.41, 5.74) is 2.58. The molecule has 1 fully saturated rings. The lowest BCUT2D eigenvalue weighted by molar-refractivity contribution is 0.139. The second kappa shape index (κ2) is 6.55. The van der Waals surface area contributed by atoms with Crippen molar-refractivity contribution in [3.8, 4) is 0 Å². The summed E-state index contributed by atoms with van der Waals surface area (Å²) < 4.78 is 0. The Morgan fingerprint density at radius 1 is 1.33 bits per heavy atom. The van der Waals surface area contributed by atoms with Gasteiger partial charge in [0, 0.05) is 31.2 Å². The summed E-state index contributed by atoms with van der Waals surface area (Å²) in [6, 6.07) is 6.81. The summed E-state index contributed by atoms with van der Waals surface area (Å²) in [6.45, 7) is 12.9. The van der Waals surface area contributed by atoms with Gasteiger partial charge in [-0.3, -0.25) is 4.90 Å². The van der Waals surface area contributed by atoms with Crippen molar-refractivity contribution in [3.63, 3.8) is 0 Å². The smallest absolute Gasteiger partial charge is 0.0642 e. The van der Waals surface area contributed by atoms with Crippen molar-refractivity contribution in [2.45, 2.75) is 39.3 Å². The molecular formula is C17H28ClN3. The molecule has 1 aromatic carbocycles. The van der Waals surface area contributed by atoms with Crippen molar-refractivity contribution in [1.82, 2.24) is 10.2 Å². The Morgan fingerprint density at radius 2 is 2.05 bits per heavy atom. The van der Waals surface area contributed by atoms with Gasteiger partial charge >= 0.3 is 0 Å². The topological polar surface area (TPSA) is 18.5 Å². The number of nitrogens with zero attached hydrogens (tertiary/aromatic N) is 2. The van der Waals surface area contributed by atoms with Crippen LogP contribution >= 0.6 is 11.6 Å². The van der Waals surface area contributed by atoms with E-state index in [4.69, 9.17) is 11.6 Å². The van der Waals surface area contributed by atoms with Gasteiger partial charge in [0.1, 0.15) is 0 Å². The van der Waals surface area contributed by atoms with Crippen LogP contribution in [0.5, 0.6) is 0 Å². The normalized spacial score (nSPS) is 20.6. The maximum atomic E-state index is 6.55. The summed E-state index contributed by atoms with van der Waals surface area (Å²) in [6.07, 6.45) is 0. The van der Waals surface area contributed by atoms with Crippen LogP contribution in [-0.2, 0) is 0 Å². The van der Waals surface area contributed by atoms with Crippen molar-refractivity contribution in [2.75, 3.05) is 38.1 Å². The van der Waals surface area contributed by atoms with Gasteiger partial charge < -0.3 is 10.2 Å². The first kappa shape index (κ1) is 16.6. The number of nitrogens with one attached hydrogen (secondary N) is 1. The molecule has 0 saturated carbocycles. The second-order valence-electron chi connectivity index (χ2n) is 6.65. The van der Waals surface area contributed by atoms with Crippen molar-refractivity contribution < 1.29 is 0 Å². The zero-order chi connectivity index (χ0) is 15.6. The summed E-state index contributed by atoms with van der Waals surface area (Å²) in [5, 5.41) is 4.29. The van der Waals surface area contributed by atoms with Crippen LogP contribution in [0.2, 0.25) is 5.02 Å². The van der Waals surface area contributed by atoms with Gasteiger partial charge in [0.25, 0.3) is 0 Å². The second-order valence-corrected chi connectivity index (χ2v) is 7.05. The Bertz CT molecular complexity index is 487. The monoisotopic (exact) mass is 309 g/mol. The molecule has 1 N–H and O–H groups in total. The lowest BCUT2D eigenvalue weighted by atomic mass is 9.99. The van der Waals surface area contributed by atoms with E-state index in [-0.39, 0.29) is 5.54 Å². The van der Waals surface area contributed by atoms with Crippen LogP contribution < -0.4 is 10.2 Å². The zero-order valence-corrected chi connectivity index (χ0v) is 14.7. The molecule has 0 radical (unpaired) electrons. The average molecular weight is 310 g/mol. The predicted octanol–water partition coefficient (Wildman–Crippen LogP) is 3.54. The fourth-order valence-electron chi connectivity index (χ4n) is 2.92. The van der Waals surface area contributed by atoms with Crippen molar-refractivity contribution in [2.24, 2.45) is 0 Å². The molecular weight excluding hydrogens is 282 g/mol. The number of rotatable bonds is 4. The number of hydrogen-bond acceptors (Lipinski definition) is 3. The molecule has 0 bridgehead atoms. The molecule has 1 saturated heterocycles. The Morgan fingerprint density at radius 3 is 2.62 bits per heavy atom. The van der Waals surface area contributed by atoms with Crippen molar-refractivity contribution in [1.29, 1.82) is 0 Å². The Labute approximate surface area is 134 Å². The predicted molar refractivity (Wildman–Crippen MR) is 92.5 cm³/mol. The molecule has 1 aromatic rings. The molecule has 0 aromatic heterocycles. The van der Waals surface area contributed by atoms with Gasteiger partial charge in [0.15, 0.2) is 0 Å². The minimum atomic E-state index is 0.178. The van der Waals surface area contributed by atoms with Crippen molar-refractivity contribution in [3.05, 3.63) is 28.8 Å². The first-order chi connectivity index (χ1) is 9.85. The van der Waals surface area contributed by atoms with Gasteiger partial charge in [-0.1, -0.05) is 24.6 Å². The summed E-state index contributed by atoms with van der Waals surface area (Å²) >= 11 is 6.55. The quantitative estimate of drug-likeness (QED) is 0.918. The van der Waals surface area contributed by atoms with E-state index in [1.807, 2.05) is 0 Å². The molecule has 1 unspecified atom stereocenters. The fourth-order valence-corrected chi connectivity index (χ4v) is 3.23. The first-order valence-corrected chi connectivity index (χ1v) is 8.22. The molecule has 21 heavy (non-hydrogen) atoms. The minimum Gasteiger partial charge on any atom is -0.367 e. The largest absolute Gasteiger partial charge is 0.367 e. The fraction of sp³-hybridized carbons (Fsp3) is 0.647. The van der Waals surface area contributed by atoms with Crippen LogP contribution in [-0.4, -0.2) is 43.7 Å². The average Bonchev–Trinajstić information content (AvgIpc) is 2.42. The Kier molecular flexibility index (Phi) is 5.18. The molecule has 0 aliphatic carbocycles. The highest BCUT2D eigenvalue weighted by Crippen LogP contribution is 2.32. The van der Waals surface area contributed by atoms with Crippen LogP contribution in [0.3, 0.4) is 0 Å². The third kappa shape index (κ3) is 3.71.